The maximum Gasteiger partial charge on any atom is 1.00 e. The number of unbranched alkanes of at least 4 members (excludes halogenated alkanes) is 12. The van der Waals surface area contributed by atoms with Crippen LogP contribution in [0.4, 0.5) is 0 Å². The van der Waals surface area contributed by atoms with E-state index >= 15 is 0 Å². The Labute approximate surface area is 155 Å². The van der Waals surface area contributed by atoms with E-state index in [4.69, 9.17) is 10.5 Å². The van der Waals surface area contributed by atoms with Gasteiger partial charge in [0.25, 0.3) is 0 Å². The van der Waals surface area contributed by atoms with Crippen molar-refractivity contribution in [2.45, 2.75) is 90.4 Å². The SMILES string of the molecule is CCCCCCCCCCCCCCCOC(=O)CN.[H-].[Na+]. The van der Waals surface area contributed by atoms with E-state index in [1.165, 1.54) is 70.6 Å². The summed E-state index contributed by atoms with van der Waals surface area (Å²) >= 11 is 0. The predicted octanol–water partition coefficient (Wildman–Crippen LogP) is 1.70. The smallest absolute Gasteiger partial charge is 1.00 e. The Morgan fingerprint density at radius 3 is 1.57 bits per heavy atom. The van der Waals surface area contributed by atoms with Crippen molar-refractivity contribution in [3.63, 3.8) is 0 Å². The summed E-state index contributed by atoms with van der Waals surface area (Å²) in [6.45, 7) is 2.80. The van der Waals surface area contributed by atoms with Gasteiger partial charge in [0.15, 0.2) is 0 Å². The van der Waals surface area contributed by atoms with Gasteiger partial charge in [-0.1, -0.05) is 84.0 Å². The molecule has 0 aromatic heterocycles. The Morgan fingerprint density at radius 1 is 0.810 bits per heavy atom. The monoisotopic (exact) mass is 309 g/mol. The van der Waals surface area contributed by atoms with E-state index in [0.29, 0.717) is 6.61 Å². The molecule has 4 heteroatoms. The predicted molar refractivity (Wildman–Crippen MR) is 86.8 cm³/mol. The van der Waals surface area contributed by atoms with E-state index in [9.17, 15) is 4.79 Å². The number of esters is 1. The number of ether oxygens (including phenoxy) is 1. The molecule has 0 atom stereocenters. The Balaban J connectivity index is -0.00000180. The normalized spacial score (nSPS) is 10.2. The fourth-order valence-corrected chi connectivity index (χ4v) is 2.36. The standard InChI is InChI=1S/C17H35NO2.Na.H/c1-2-3-4-5-6-7-8-9-10-11-12-13-14-15-20-17(19)16-18;;/h2-16,18H2,1H3;;/q;+1;-1. The zero-order valence-corrected chi connectivity index (χ0v) is 16.5. The van der Waals surface area contributed by atoms with E-state index in [-0.39, 0.29) is 43.5 Å². The zero-order valence-electron chi connectivity index (χ0n) is 15.5. The molecule has 0 saturated carbocycles. The summed E-state index contributed by atoms with van der Waals surface area (Å²) in [6, 6.07) is 0. The van der Waals surface area contributed by atoms with E-state index in [2.05, 4.69) is 6.92 Å². The quantitative estimate of drug-likeness (QED) is 0.284. The fraction of sp³-hybridized carbons (Fsp3) is 0.941. The molecule has 0 unspecified atom stereocenters. The first kappa shape index (κ1) is 23.7. The van der Waals surface area contributed by atoms with Crippen LogP contribution in [0.25, 0.3) is 0 Å². The molecule has 0 aliphatic rings. The Hall–Kier alpha value is 0.430. The molecule has 0 rings (SSSR count). The van der Waals surface area contributed by atoms with Gasteiger partial charge in [-0.2, -0.15) is 0 Å². The molecule has 0 amide bonds. The summed E-state index contributed by atoms with van der Waals surface area (Å²) in [5.74, 6) is -0.288. The molecule has 0 heterocycles. The van der Waals surface area contributed by atoms with Crippen molar-refractivity contribution in [1.82, 2.24) is 0 Å². The van der Waals surface area contributed by atoms with Gasteiger partial charge in [0.1, 0.15) is 0 Å². The summed E-state index contributed by atoms with van der Waals surface area (Å²) in [7, 11) is 0. The number of rotatable bonds is 15. The molecule has 0 aliphatic heterocycles. The summed E-state index contributed by atoms with van der Waals surface area (Å²) in [4.78, 5) is 10.8. The molecule has 21 heavy (non-hydrogen) atoms. The zero-order chi connectivity index (χ0) is 14.9. The molecular weight excluding hydrogens is 273 g/mol. The largest absolute Gasteiger partial charge is 1.00 e. The minimum atomic E-state index is -0.288. The molecule has 3 nitrogen and oxygen atoms in total. The van der Waals surface area contributed by atoms with Gasteiger partial charge in [-0.15, -0.1) is 0 Å². The molecule has 0 aromatic rings. The van der Waals surface area contributed by atoms with Gasteiger partial charge >= 0.3 is 35.5 Å². The molecule has 0 spiro atoms. The van der Waals surface area contributed by atoms with Crippen molar-refractivity contribution in [3.8, 4) is 0 Å². The third kappa shape index (κ3) is 20.4. The number of carbonyl (C=O) groups is 1. The Bertz CT molecular complexity index is 219. The van der Waals surface area contributed by atoms with Crippen molar-refractivity contribution < 1.29 is 40.5 Å². The number of nitrogens with two attached hydrogens (primary N) is 1. The van der Waals surface area contributed by atoms with Gasteiger partial charge in [-0.3, -0.25) is 4.79 Å². The van der Waals surface area contributed by atoms with Crippen LogP contribution in [0.5, 0.6) is 0 Å². The van der Waals surface area contributed by atoms with Crippen molar-refractivity contribution in [1.29, 1.82) is 0 Å². The van der Waals surface area contributed by atoms with Crippen LogP contribution in [-0.4, -0.2) is 19.1 Å². The third-order valence-electron chi connectivity index (χ3n) is 3.68. The minimum absolute atomic E-state index is 0. The number of hydrogen-bond acceptors (Lipinski definition) is 3. The average Bonchev–Trinajstić information content (AvgIpc) is 2.47. The molecule has 122 valence electrons. The first-order valence-electron chi connectivity index (χ1n) is 8.67. The van der Waals surface area contributed by atoms with Crippen LogP contribution in [0.2, 0.25) is 0 Å². The van der Waals surface area contributed by atoms with Gasteiger partial charge < -0.3 is 11.9 Å². The van der Waals surface area contributed by atoms with Crippen LogP contribution in [0.15, 0.2) is 0 Å². The second-order valence-electron chi connectivity index (χ2n) is 5.67. The first-order valence-corrected chi connectivity index (χ1v) is 8.67. The summed E-state index contributed by atoms with van der Waals surface area (Å²) < 4.78 is 4.93. The summed E-state index contributed by atoms with van der Waals surface area (Å²) in [5.41, 5.74) is 5.15. The maximum atomic E-state index is 10.8. The number of hydrogen-bond donors (Lipinski definition) is 1. The van der Waals surface area contributed by atoms with Gasteiger partial charge in [0.2, 0.25) is 0 Å². The topological polar surface area (TPSA) is 52.3 Å². The minimum Gasteiger partial charge on any atom is -1.00 e. The van der Waals surface area contributed by atoms with E-state index < -0.39 is 0 Å². The van der Waals surface area contributed by atoms with E-state index in [0.717, 1.165) is 12.8 Å². The van der Waals surface area contributed by atoms with E-state index in [1.54, 1.807) is 0 Å². The van der Waals surface area contributed by atoms with Crippen LogP contribution >= 0.6 is 0 Å². The second-order valence-corrected chi connectivity index (χ2v) is 5.67. The summed E-state index contributed by atoms with van der Waals surface area (Å²) in [6.07, 6.45) is 17.3. The van der Waals surface area contributed by atoms with Crippen molar-refractivity contribution in [3.05, 3.63) is 0 Å². The molecule has 0 bridgehead atoms. The Morgan fingerprint density at radius 2 is 1.19 bits per heavy atom. The molecule has 2 N–H and O–H groups in total. The van der Waals surface area contributed by atoms with Crippen LogP contribution in [0, 0.1) is 0 Å². The van der Waals surface area contributed by atoms with Gasteiger partial charge in [0.05, 0.1) is 13.2 Å². The summed E-state index contributed by atoms with van der Waals surface area (Å²) in [5, 5.41) is 0. The molecule has 0 saturated heterocycles. The fourth-order valence-electron chi connectivity index (χ4n) is 2.36. The first-order chi connectivity index (χ1) is 9.81. The molecule has 0 radical (unpaired) electrons. The van der Waals surface area contributed by atoms with Crippen molar-refractivity contribution >= 4 is 5.97 Å². The molecular formula is C17H36NNaO2. The van der Waals surface area contributed by atoms with Gasteiger partial charge in [-0.25, -0.2) is 0 Å². The molecule has 0 aliphatic carbocycles. The second kappa shape index (κ2) is 20.4. The average molecular weight is 309 g/mol. The van der Waals surface area contributed by atoms with Crippen molar-refractivity contribution in [2.24, 2.45) is 5.73 Å². The van der Waals surface area contributed by atoms with Crippen LogP contribution < -0.4 is 35.3 Å². The number of carbonyl (C=O) groups excluding carboxylic acids is 1. The Kier molecular flexibility index (Phi) is 23.0. The molecule has 0 fully saturated rings. The van der Waals surface area contributed by atoms with Crippen LogP contribution in [-0.2, 0) is 9.53 Å². The van der Waals surface area contributed by atoms with Crippen LogP contribution in [0.1, 0.15) is 91.8 Å². The van der Waals surface area contributed by atoms with Gasteiger partial charge in [0, 0.05) is 0 Å². The van der Waals surface area contributed by atoms with Crippen molar-refractivity contribution in [2.75, 3.05) is 13.2 Å². The van der Waals surface area contributed by atoms with E-state index in [1.807, 2.05) is 0 Å². The maximum absolute atomic E-state index is 10.8. The molecule has 0 aromatic carbocycles. The van der Waals surface area contributed by atoms with Gasteiger partial charge in [-0.05, 0) is 6.42 Å². The van der Waals surface area contributed by atoms with Crippen LogP contribution in [0.3, 0.4) is 0 Å². The third-order valence-corrected chi connectivity index (χ3v) is 3.68.